The van der Waals surface area contributed by atoms with Crippen molar-refractivity contribution in [3.63, 3.8) is 0 Å². The van der Waals surface area contributed by atoms with Crippen molar-refractivity contribution in [3.05, 3.63) is 70.9 Å². The van der Waals surface area contributed by atoms with Gasteiger partial charge in [0.15, 0.2) is 0 Å². The molecule has 1 saturated carbocycles. The van der Waals surface area contributed by atoms with E-state index in [1.54, 1.807) is 21.8 Å². The Morgan fingerprint density at radius 2 is 2.12 bits per heavy atom. The maximum Gasteiger partial charge on any atom is 0.268 e. The number of anilines is 1. The number of aromatic nitrogens is 4. The lowest BCUT2D eigenvalue weighted by atomic mass is 10.1. The minimum absolute atomic E-state index is 0.0395. The number of aliphatic hydroxyl groups is 1. The summed E-state index contributed by atoms with van der Waals surface area (Å²) in [5.41, 5.74) is 2.78. The molecule has 43 heavy (non-hydrogen) atoms. The first-order valence-corrected chi connectivity index (χ1v) is 15.4. The number of fused-ring (bicyclic) bond motifs is 1. The predicted octanol–water partition coefficient (Wildman–Crippen LogP) is 3.86. The fourth-order valence-electron chi connectivity index (χ4n) is 5.37. The largest absolute Gasteiger partial charge is 0.395 e. The van der Waals surface area contributed by atoms with Crippen molar-refractivity contribution in [2.24, 2.45) is 5.92 Å². The number of amides is 2. The molecule has 222 valence electrons. The zero-order valence-electron chi connectivity index (χ0n) is 23.9. The highest BCUT2D eigenvalue weighted by atomic mass is 32.1. The van der Waals surface area contributed by atoms with Crippen LogP contribution in [0.25, 0.3) is 16.0 Å². The number of carbonyl (C=O) groups excluding carboxylic acids is 2. The average Bonchev–Trinajstić information content (AvgIpc) is 3.47. The molecule has 4 aromatic rings. The minimum atomic E-state index is -0.280. The molecule has 0 radical (unpaired) electrons. The van der Waals surface area contributed by atoms with Gasteiger partial charge in [0.25, 0.3) is 11.8 Å². The number of thiophene rings is 1. The molecule has 0 spiro atoms. The Hall–Kier alpha value is -4.31. The molecule has 3 N–H and O–H groups in total. The number of imidazole rings is 1. The highest BCUT2D eigenvalue weighted by molar-refractivity contribution is 7.16. The molecule has 2 unspecified atom stereocenters. The van der Waals surface area contributed by atoms with E-state index in [0.717, 1.165) is 47.3 Å². The summed E-state index contributed by atoms with van der Waals surface area (Å²) in [5, 5.41) is 30.4. The molecule has 4 heterocycles. The standard InChI is InChI=1S/C31H34N8O3S/c1-20(19-40)33-17-22-7-8-26-25(15-22)35-31(36-29(41)27-9-10-28(43-27)39-13-3-11-34-39)38(26)18-24-4-2-12-37(24)30(42)23(16-32)14-21-5-6-21/h3,7-11,13-15,20-21,24,33,40H,2,4-6,12,17-19H2,1H3,(H,35,36,41). The molecule has 11 nitrogen and oxygen atoms in total. The van der Waals surface area contributed by atoms with Gasteiger partial charge in [-0.2, -0.15) is 10.4 Å². The van der Waals surface area contributed by atoms with Gasteiger partial charge in [-0.05, 0) is 74.4 Å². The third kappa shape index (κ3) is 6.39. The topological polar surface area (TPSA) is 141 Å². The van der Waals surface area contributed by atoms with E-state index in [0.29, 0.717) is 36.4 Å². The van der Waals surface area contributed by atoms with Crippen molar-refractivity contribution in [2.75, 3.05) is 18.5 Å². The Morgan fingerprint density at radius 3 is 2.86 bits per heavy atom. The lowest BCUT2D eigenvalue weighted by Gasteiger charge is -2.26. The molecule has 0 bridgehead atoms. The van der Waals surface area contributed by atoms with Crippen LogP contribution in [0.15, 0.2) is 60.4 Å². The lowest BCUT2D eigenvalue weighted by Crippen LogP contribution is -2.39. The predicted molar refractivity (Wildman–Crippen MR) is 164 cm³/mol. The molecule has 1 aliphatic heterocycles. The van der Waals surface area contributed by atoms with Crippen LogP contribution in [0.3, 0.4) is 0 Å². The zero-order valence-corrected chi connectivity index (χ0v) is 24.8. The van der Waals surface area contributed by atoms with E-state index in [9.17, 15) is 20.0 Å². The summed E-state index contributed by atoms with van der Waals surface area (Å²) >= 11 is 1.33. The molecule has 2 amide bonds. The summed E-state index contributed by atoms with van der Waals surface area (Å²) in [4.78, 5) is 34.0. The SMILES string of the molecule is CC(CO)NCc1ccc2c(c1)nc(NC(=O)c1ccc(-n3cccn3)s1)n2CC1CCCN1C(=O)C(C#N)=CC1CC1. The van der Waals surface area contributed by atoms with Crippen LogP contribution >= 0.6 is 11.3 Å². The average molecular weight is 599 g/mol. The number of nitrogens with one attached hydrogen (secondary N) is 2. The maximum absolute atomic E-state index is 13.4. The quantitative estimate of drug-likeness (QED) is 0.176. The fourth-order valence-corrected chi connectivity index (χ4v) is 6.21. The van der Waals surface area contributed by atoms with E-state index in [-0.39, 0.29) is 36.1 Å². The van der Waals surface area contributed by atoms with Gasteiger partial charge in [-0.25, -0.2) is 9.67 Å². The number of likely N-dealkylation sites (tertiary alicyclic amines) is 1. The number of benzene rings is 1. The highest BCUT2D eigenvalue weighted by Gasteiger charge is 2.33. The first-order chi connectivity index (χ1) is 20.9. The van der Waals surface area contributed by atoms with Crippen molar-refractivity contribution in [3.8, 4) is 11.1 Å². The summed E-state index contributed by atoms with van der Waals surface area (Å²) in [5.74, 6) is 0.227. The number of nitriles is 1. The maximum atomic E-state index is 13.4. The zero-order chi connectivity index (χ0) is 29.9. The summed E-state index contributed by atoms with van der Waals surface area (Å²) in [6.45, 7) is 3.54. The van der Waals surface area contributed by atoms with Gasteiger partial charge in [0.2, 0.25) is 5.95 Å². The van der Waals surface area contributed by atoms with E-state index >= 15 is 0 Å². The number of nitrogens with zero attached hydrogens (tertiary/aromatic N) is 6. The van der Waals surface area contributed by atoms with Gasteiger partial charge < -0.3 is 19.9 Å². The molecular weight excluding hydrogens is 564 g/mol. The van der Waals surface area contributed by atoms with E-state index in [1.165, 1.54) is 11.3 Å². The normalized spacial score (nSPS) is 17.7. The first-order valence-electron chi connectivity index (χ1n) is 14.6. The molecule has 1 aliphatic carbocycles. The van der Waals surface area contributed by atoms with Gasteiger partial charge >= 0.3 is 0 Å². The Kier molecular flexibility index (Phi) is 8.38. The van der Waals surface area contributed by atoms with Crippen molar-refractivity contribution >= 4 is 40.1 Å². The fraction of sp³-hybridized carbons (Fsp3) is 0.387. The van der Waals surface area contributed by atoms with E-state index < -0.39 is 0 Å². The Labute approximate surface area is 253 Å². The molecule has 2 atom stereocenters. The minimum Gasteiger partial charge on any atom is -0.395 e. The van der Waals surface area contributed by atoms with Gasteiger partial charge in [0, 0.05) is 38.1 Å². The third-order valence-corrected chi connectivity index (χ3v) is 8.99. The van der Waals surface area contributed by atoms with Crippen LogP contribution < -0.4 is 10.6 Å². The smallest absolute Gasteiger partial charge is 0.268 e. The number of aliphatic hydroxyl groups excluding tert-OH is 1. The Bertz CT molecular complexity index is 1700. The van der Waals surface area contributed by atoms with Crippen LogP contribution in [0.4, 0.5) is 5.95 Å². The van der Waals surface area contributed by atoms with Crippen LogP contribution in [-0.2, 0) is 17.9 Å². The second kappa shape index (κ2) is 12.5. The molecular formula is C31H34N8O3S. The molecule has 2 aliphatic rings. The van der Waals surface area contributed by atoms with E-state index in [2.05, 4.69) is 21.8 Å². The summed E-state index contributed by atoms with van der Waals surface area (Å²) in [6.07, 6.45) is 9.02. The van der Waals surface area contributed by atoms with Gasteiger partial charge in [0.1, 0.15) is 16.6 Å². The van der Waals surface area contributed by atoms with E-state index in [1.807, 2.05) is 54.1 Å². The number of rotatable bonds is 11. The summed E-state index contributed by atoms with van der Waals surface area (Å²) < 4.78 is 3.68. The van der Waals surface area contributed by atoms with Gasteiger partial charge in [-0.3, -0.25) is 14.9 Å². The van der Waals surface area contributed by atoms with Crippen LogP contribution in [-0.4, -0.2) is 66.4 Å². The number of allylic oxidation sites excluding steroid dienone is 1. The molecule has 12 heteroatoms. The molecule has 1 saturated heterocycles. The van der Waals surface area contributed by atoms with Crippen molar-refractivity contribution < 1.29 is 14.7 Å². The number of hydrogen-bond acceptors (Lipinski definition) is 8. The summed E-state index contributed by atoms with van der Waals surface area (Å²) in [6, 6.07) is 13.3. The second-order valence-corrected chi connectivity index (χ2v) is 12.3. The highest BCUT2D eigenvalue weighted by Crippen LogP contribution is 2.33. The first kappa shape index (κ1) is 28.8. The molecule has 1 aromatic carbocycles. The monoisotopic (exact) mass is 598 g/mol. The van der Waals surface area contributed by atoms with Gasteiger partial charge in [0.05, 0.1) is 28.6 Å². The van der Waals surface area contributed by atoms with Gasteiger partial charge in [-0.15, -0.1) is 11.3 Å². The Balaban J connectivity index is 1.29. The van der Waals surface area contributed by atoms with Crippen LogP contribution in [0.2, 0.25) is 0 Å². The van der Waals surface area contributed by atoms with Crippen molar-refractivity contribution in [1.29, 1.82) is 5.26 Å². The second-order valence-electron chi connectivity index (χ2n) is 11.2. The van der Waals surface area contributed by atoms with E-state index in [4.69, 9.17) is 4.98 Å². The van der Waals surface area contributed by atoms with Gasteiger partial charge in [-0.1, -0.05) is 12.1 Å². The molecule has 2 fully saturated rings. The number of carbonyl (C=O) groups is 2. The number of hydrogen-bond donors (Lipinski definition) is 3. The van der Waals surface area contributed by atoms with Crippen LogP contribution in [0.5, 0.6) is 0 Å². The molecule has 6 rings (SSSR count). The summed E-state index contributed by atoms with van der Waals surface area (Å²) in [7, 11) is 0. The lowest BCUT2D eigenvalue weighted by molar-refractivity contribution is -0.127. The van der Waals surface area contributed by atoms with Crippen LogP contribution in [0.1, 0.15) is 47.8 Å². The van der Waals surface area contributed by atoms with Crippen LogP contribution in [0, 0.1) is 17.2 Å². The molecule has 3 aromatic heterocycles. The third-order valence-electron chi connectivity index (χ3n) is 7.92. The van der Waals surface area contributed by atoms with Crippen molar-refractivity contribution in [1.82, 2.24) is 29.5 Å². The van der Waals surface area contributed by atoms with Crippen molar-refractivity contribution in [2.45, 2.75) is 57.8 Å². The Morgan fingerprint density at radius 1 is 1.26 bits per heavy atom.